The predicted octanol–water partition coefficient (Wildman–Crippen LogP) is 1.19. The number of halogens is 1. The van der Waals surface area contributed by atoms with Crippen LogP contribution in [0.2, 0.25) is 0 Å². The second kappa shape index (κ2) is 3.14. The van der Waals surface area contributed by atoms with Gasteiger partial charge in [0.2, 0.25) is 0 Å². The first-order valence-corrected chi connectivity index (χ1v) is 2.97. The van der Waals surface area contributed by atoms with Gasteiger partial charge in [0.1, 0.15) is 5.82 Å². The minimum atomic E-state index is -2.60. The molecule has 1 aromatic rings. The van der Waals surface area contributed by atoms with Crippen LogP contribution < -0.4 is 5.32 Å². The summed E-state index contributed by atoms with van der Waals surface area (Å²) in [5, 5.41) is 1.70. The number of carbonyl (C=O) groups is 1. The Bertz CT molecular complexity index is 351. The Kier molecular flexibility index (Phi) is 1.28. The van der Waals surface area contributed by atoms with Gasteiger partial charge in [-0.15, -0.1) is 0 Å². The molecule has 0 unspecified atom stereocenters. The zero-order valence-electron chi connectivity index (χ0n) is 8.60. The Hall–Kier alpha value is -1.38. The highest BCUT2D eigenvalue weighted by Crippen LogP contribution is 2.04. The van der Waals surface area contributed by atoms with Crippen LogP contribution in [0.3, 0.4) is 0 Å². The average Bonchev–Trinajstić information content (AvgIpc) is 2.01. The highest BCUT2D eigenvalue weighted by atomic mass is 19.1. The van der Waals surface area contributed by atoms with E-state index in [0.717, 1.165) is 6.07 Å². The molecule has 0 saturated carbocycles. The van der Waals surface area contributed by atoms with E-state index < -0.39 is 18.7 Å². The standard InChI is InChI=1S/C8H8FNO/c1-10-8(11)6-4-2-3-5-7(6)9/h2-5H,1H3,(H,10,11)/i1D3. The van der Waals surface area contributed by atoms with E-state index in [1.54, 1.807) is 5.32 Å². The maximum absolute atomic E-state index is 13.0. The first-order chi connectivity index (χ1) is 6.40. The van der Waals surface area contributed by atoms with Crippen molar-refractivity contribution in [2.45, 2.75) is 0 Å². The summed E-state index contributed by atoms with van der Waals surface area (Å²) in [5.74, 6) is -1.68. The zero-order chi connectivity index (χ0) is 10.8. The molecule has 58 valence electrons. The molecule has 1 N–H and O–H groups in total. The quantitative estimate of drug-likeness (QED) is 0.650. The molecule has 2 nitrogen and oxygen atoms in total. The number of nitrogens with one attached hydrogen (secondary N) is 1. The smallest absolute Gasteiger partial charge is 0.253 e. The molecule has 0 aliphatic heterocycles. The molecule has 1 rings (SSSR count). The zero-order valence-corrected chi connectivity index (χ0v) is 5.60. The molecule has 0 fully saturated rings. The van der Waals surface area contributed by atoms with Gasteiger partial charge in [0.15, 0.2) is 0 Å². The first-order valence-electron chi connectivity index (χ1n) is 4.47. The molecule has 0 aromatic heterocycles. The minimum Gasteiger partial charge on any atom is -0.355 e. The lowest BCUT2D eigenvalue weighted by molar-refractivity contribution is 0.0959. The number of hydrogen-bond donors (Lipinski definition) is 1. The van der Waals surface area contributed by atoms with Gasteiger partial charge in [-0.25, -0.2) is 4.39 Å². The van der Waals surface area contributed by atoms with Crippen LogP contribution in [0.5, 0.6) is 0 Å². The molecule has 0 bridgehead atoms. The molecule has 0 aliphatic rings. The number of rotatable bonds is 1. The van der Waals surface area contributed by atoms with Crippen molar-refractivity contribution in [2.24, 2.45) is 0 Å². The highest BCUT2D eigenvalue weighted by Gasteiger charge is 2.06. The van der Waals surface area contributed by atoms with Gasteiger partial charge in [-0.2, -0.15) is 0 Å². The SMILES string of the molecule is [2H]C([2H])([2H])NC(=O)c1ccccc1F. The first kappa shape index (κ1) is 4.49. The van der Waals surface area contributed by atoms with Crippen molar-refractivity contribution in [1.82, 2.24) is 5.32 Å². The lowest BCUT2D eigenvalue weighted by Crippen LogP contribution is -2.18. The van der Waals surface area contributed by atoms with Crippen LogP contribution in [0.25, 0.3) is 0 Å². The number of amides is 1. The number of carbonyl (C=O) groups excluding carboxylic acids is 1. The second-order valence-corrected chi connectivity index (χ2v) is 1.93. The van der Waals surface area contributed by atoms with E-state index in [0.29, 0.717) is 0 Å². The fourth-order valence-corrected chi connectivity index (χ4v) is 0.713. The summed E-state index contributed by atoms with van der Waals surface area (Å²) in [6, 6.07) is 5.18. The Morgan fingerprint density at radius 1 is 1.64 bits per heavy atom. The van der Waals surface area contributed by atoms with Crippen molar-refractivity contribution in [1.29, 1.82) is 0 Å². The fourth-order valence-electron chi connectivity index (χ4n) is 0.713. The number of benzene rings is 1. The van der Waals surface area contributed by atoms with Crippen LogP contribution in [0.1, 0.15) is 14.5 Å². The Balaban J connectivity index is 2.86. The van der Waals surface area contributed by atoms with E-state index in [-0.39, 0.29) is 5.56 Å². The van der Waals surface area contributed by atoms with E-state index in [4.69, 9.17) is 4.11 Å². The van der Waals surface area contributed by atoms with Gasteiger partial charge >= 0.3 is 0 Å². The summed E-state index contributed by atoms with van der Waals surface area (Å²) in [7, 11) is 0. The van der Waals surface area contributed by atoms with E-state index in [9.17, 15) is 9.18 Å². The van der Waals surface area contributed by atoms with Gasteiger partial charge in [0.05, 0.1) is 5.56 Å². The minimum absolute atomic E-state index is 0.274. The maximum Gasteiger partial charge on any atom is 0.253 e. The molecular formula is C8H8FNO. The van der Waals surface area contributed by atoms with E-state index in [1.807, 2.05) is 0 Å². The normalized spacial score (nSPS) is 14.5. The van der Waals surface area contributed by atoms with Crippen LogP contribution in [0.4, 0.5) is 4.39 Å². The molecule has 0 radical (unpaired) electrons. The molecule has 0 atom stereocenters. The van der Waals surface area contributed by atoms with Crippen LogP contribution in [0, 0.1) is 5.82 Å². The van der Waals surface area contributed by atoms with Gasteiger partial charge in [-0.3, -0.25) is 4.79 Å². The summed E-state index contributed by atoms with van der Waals surface area (Å²) in [6.07, 6.45) is 0. The van der Waals surface area contributed by atoms with Crippen LogP contribution in [-0.2, 0) is 0 Å². The van der Waals surface area contributed by atoms with Crippen molar-refractivity contribution >= 4 is 5.91 Å². The third-order valence-electron chi connectivity index (χ3n) is 1.23. The summed E-state index contributed by atoms with van der Waals surface area (Å²) >= 11 is 0. The van der Waals surface area contributed by atoms with Crippen molar-refractivity contribution in [3.63, 3.8) is 0 Å². The molecule has 0 saturated heterocycles. The molecule has 1 amide bonds. The van der Waals surface area contributed by atoms with Crippen molar-refractivity contribution in [3.05, 3.63) is 35.6 Å². The summed E-state index contributed by atoms with van der Waals surface area (Å²) in [5.41, 5.74) is -0.274. The Morgan fingerprint density at radius 2 is 2.36 bits per heavy atom. The molecule has 0 spiro atoms. The molecular weight excluding hydrogens is 145 g/mol. The molecule has 0 heterocycles. The third-order valence-corrected chi connectivity index (χ3v) is 1.23. The highest BCUT2D eigenvalue weighted by molar-refractivity contribution is 5.94. The summed E-state index contributed by atoms with van der Waals surface area (Å²) in [6.45, 7) is -2.60. The fraction of sp³-hybridized carbons (Fsp3) is 0.125. The Morgan fingerprint density at radius 3 is 3.00 bits per heavy atom. The van der Waals surface area contributed by atoms with Gasteiger partial charge in [-0.05, 0) is 12.1 Å². The number of hydrogen-bond acceptors (Lipinski definition) is 1. The molecule has 11 heavy (non-hydrogen) atoms. The van der Waals surface area contributed by atoms with Crippen LogP contribution in [0.15, 0.2) is 24.3 Å². The van der Waals surface area contributed by atoms with Gasteiger partial charge in [0, 0.05) is 11.1 Å². The van der Waals surface area contributed by atoms with E-state index in [2.05, 4.69) is 0 Å². The Labute approximate surface area is 68.3 Å². The average molecular weight is 156 g/mol. The molecule has 1 aromatic carbocycles. The van der Waals surface area contributed by atoms with Crippen molar-refractivity contribution in [3.8, 4) is 0 Å². The van der Waals surface area contributed by atoms with Gasteiger partial charge in [-0.1, -0.05) is 12.1 Å². The monoisotopic (exact) mass is 156 g/mol. The predicted molar refractivity (Wildman–Crippen MR) is 39.8 cm³/mol. The molecule has 3 heteroatoms. The largest absolute Gasteiger partial charge is 0.355 e. The van der Waals surface area contributed by atoms with Crippen LogP contribution >= 0.6 is 0 Å². The van der Waals surface area contributed by atoms with Crippen molar-refractivity contribution in [2.75, 3.05) is 6.98 Å². The molecule has 0 aliphatic carbocycles. The van der Waals surface area contributed by atoms with Gasteiger partial charge < -0.3 is 5.32 Å². The van der Waals surface area contributed by atoms with Crippen molar-refractivity contribution < 1.29 is 13.3 Å². The van der Waals surface area contributed by atoms with E-state index in [1.165, 1.54) is 18.2 Å². The summed E-state index contributed by atoms with van der Waals surface area (Å²) < 4.78 is 33.3. The third kappa shape index (κ3) is 1.55. The lowest BCUT2D eigenvalue weighted by Gasteiger charge is -1.98. The van der Waals surface area contributed by atoms with Crippen LogP contribution in [-0.4, -0.2) is 12.9 Å². The lowest BCUT2D eigenvalue weighted by atomic mass is 10.2. The van der Waals surface area contributed by atoms with E-state index >= 15 is 0 Å². The summed E-state index contributed by atoms with van der Waals surface area (Å²) in [4.78, 5) is 11.2. The van der Waals surface area contributed by atoms with Gasteiger partial charge in [0.25, 0.3) is 5.91 Å². The topological polar surface area (TPSA) is 29.1 Å². The maximum atomic E-state index is 13.0. The second-order valence-electron chi connectivity index (χ2n) is 1.93.